The number of rotatable bonds is 7. The van der Waals surface area contributed by atoms with E-state index >= 15 is 0 Å². The topological polar surface area (TPSA) is 58.6 Å². The van der Waals surface area contributed by atoms with E-state index < -0.39 is 5.54 Å². The Balaban J connectivity index is 1.63. The Morgan fingerprint density at radius 2 is 1.79 bits per heavy atom. The van der Waals surface area contributed by atoms with Crippen LogP contribution in [0.25, 0.3) is 0 Å². The Hall–Kier alpha value is -3.60. The SMILES string of the molecule is CCOc1cccc(CN2C(=O)c3ccccc3C[C@]2(C)C(=O)NCc2ccc(C)cc2)c1. The van der Waals surface area contributed by atoms with Crippen molar-refractivity contribution in [3.05, 3.63) is 101 Å². The van der Waals surface area contributed by atoms with Gasteiger partial charge in [0, 0.05) is 25.1 Å². The quantitative estimate of drug-likeness (QED) is 0.579. The van der Waals surface area contributed by atoms with Gasteiger partial charge < -0.3 is 15.0 Å². The smallest absolute Gasteiger partial charge is 0.255 e. The van der Waals surface area contributed by atoms with Crippen molar-refractivity contribution in [1.29, 1.82) is 0 Å². The highest BCUT2D eigenvalue weighted by Gasteiger charge is 2.46. The molecule has 0 saturated heterocycles. The van der Waals surface area contributed by atoms with Gasteiger partial charge in [-0.3, -0.25) is 9.59 Å². The molecule has 4 rings (SSSR count). The summed E-state index contributed by atoms with van der Waals surface area (Å²) in [5.74, 6) is 0.462. The second-order valence-corrected chi connectivity index (χ2v) is 8.75. The van der Waals surface area contributed by atoms with Crippen LogP contribution in [0.1, 0.15) is 46.5 Å². The van der Waals surface area contributed by atoms with Gasteiger partial charge >= 0.3 is 0 Å². The maximum absolute atomic E-state index is 13.6. The Bertz CT molecular complexity index is 1160. The van der Waals surface area contributed by atoms with E-state index in [0.717, 1.165) is 22.4 Å². The largest absolute Gasteiger partial charge is 0.494 e. The average molecular weight is 443 g/mol. The van der Waals surface area contributed by atoms with Gasteiger partial charge in [-0.15, -0.1) is 0 Å². The number of carbonyl (C=O) groups is 2. The van der Waals surface area contributed by atoms with Gasteiger partial charge in [0.25, 0.3) is 5.91 Å². The van der Waals surface area contributed by atoms with E-state index in [2.05, 4.69) is 5.32 Å². The first kappa shape index (κ1) is 22.6. The van der Waals surface area contributed by atoms with Crippen LogP contribution >= 0.6 is 0 Å². The lowest BCUT2D eigenvalue weighted by Crippen LogP contribution is -2.62. The third kappa shape index (κ3) is 4.77. The molecular weight excluding hydrogens is 412 g/mol. The van der Waals surface area contributed by atoms with Crippen molar-refractivity contribution in [1.82, 2.24) is 10.2 Å². The minimum Gasteiger partial charge on any atom is -0.494 e. The van der Waals surface area contributed by atoms with E-state index in [-0.39, 0.29) is 11.8 Å². The third-order valence-corrected chi connectivity index (χ3v) is 6.24. The van der Waals surface area contributed by atoms with Crippen LogP contribution in [0.15, 0.2) is 72.8 Å². The molecule has 0 saturated carbocycles. The van der Waals surface area contributed by atoms with Gasteiger partial charge in [-0.05, 0) is 55.7 Å². The van der Waals surface area contributed by atoms with E-state index in [1.165, 1.54) is 5.56 Å². The zero-order chi connectivity index (χ0) is 23.4. The molecule has 0 aliphatic carbocycles. The normalized spacial score (nSPS) is 17.4. The van der Waals surface area contributed by atoms with Crippen LogP contribution in [0.4, 0.5) is 0 Å². The summed E-state index contributed by atoms with van der Waals surface area (Å²) in [4.78, 5) is 28.8. The van der Waals surface area contributed by atoms with Gasteiger partial charge in [0.05, 0.1) is 6.61 Å². The standard InChI is InChI=1S/C28H30N2O3/c1-4-33-24-10-7-8-22(16-24)19-30-26(31)25-11-6-5-9-23(25)17-28(30,3)27(32)29-18-21-14-12-20(2)13-15-21/h5-16H,4,17-19H2,1-3H3,(H,29,32)/t28-/m1/s1. The van der Waals surface area contributed by atoms with Crippen molar-refractivity contribution in [2.45, 2.75) is 45.8 Å². The van der Waals surface area contributed by atoms with Crippen molar-refractivity contribution in [2.75, 3.05) is 6.61 Å². The Morgan fingerprint density at radius 3 is 2.55 bits per heavy atom. The number of carbonyl (C=O) groups excluding carboxylic acids is 2. The first-order valence-electron chi connectivity index (χ1n) is 11.4. The molecule has 0 radical (unpaired) electrons. The van der Waals surface area contributed by atoms with Gasteiger partial charge in [-0.25, -0.2) is 0 Å². The third-order valence-electron chi connectivity index (χ3n) is 6.24. The van der Waals surface area contributed by atoms with Gasteiger partial charge in [-0.1, -0.05) is 60.2 Å². The number of aryl methyl sites for hydroxylation is 1. The van der Waals surface area contributed by atoms with Gasteiger partial charge in [0.1, 0.15) is 11.3 Å². The minimum absolute atomic E-state index is 0.133. The number of benzene rings is 3. The Morgan fingerprint density at radius 1 is 1.03 bits per heavy atom. The summed E-state index contributed by atoms with van der Waals surface area (Å²) in [6.45, 7) is 7.14. The maximum Gasteiger partial charge on any atom is 0.255 e. The number of nitrogens with one attached hydrogen (secondary N) is 1. The highest BCUT2D eigenvalue weighted by Crippen LogP contribution is 2.33. The second kappa shape index (κ2) is 9.49. The van der Waals surface area contributed by atoms with Crippen LogP contribution in [0.2, 0.25) is 0 Å². The molecule has 3 aromatic carbocycles. The molecular formula is C28H30N2O3. The van der Waals surface area contributed by atoms with E-state index in [9.17, 15) is 9.59 Å². The molecule has 0 unspecified atom stereocenters. The van der Waals surface area contributed by atoms with Crippen molar-refractivity contribution in [3.63, 3.8) is 0 Å². The van der Waals surface area contributed by atoms with Crippen molar-refractivity contribution < 1.29 is 14.3 Å². The fourth-order valence-corrected chi connectivity index (χ4v) is 4.33. The highest BCUT2D eigenvalue weighted by molar-refractivity contribution is 6.02. The number of nitrogens with zero attached hydrogens (tertiary/aromatic N) is 1. The first-order chi connectivity index (χ1) is 15.9. The van der Waals surface area contributed by atoms with Crippen LogP contribution < -0.4 is 10.1 Å². The average Bonchev–Trinajstić information content (AvgIpc) is 2.82. The predicted octanol–water partition coefficient (Wildman–Crippen LogP) is 4.67. The summed E-state index contributed by atoms with van der Waals surface area (Å²) in [5, 5.41) is 3.07. The summed E-state index contributed by atoms with van der Waals surface area (Å²) in [7, 11) is 0. The van der Waals surface area contributed by atoms with Gasteiger partial charge in [0.15, 0.2) is 0 Å². The number of ether oxygens (including phenoxy) is 1. The first-order valence-corrected chi connectivity index (χ1v) is 11.4. The fourth-order valence-electron chi connectivity index (χ4n) is 4.33. The van der Waals surface area contributed by atoms with E-state index in [0.29, 0.717) is 31.7 Å². The molecule has 1 N–H and O–H groups in total. The molecule has 0 fully saturated rings. The van der Waals surface area contributed by atoms with Crippen LogP contribution in [0.5, 0.6) is 5.75 Å². The lowest BCUT2D eigenvalue weighted by Gasteiger charge is -2.44. The van der Waals surface area contributed by atoms with Crippen LogP contribution in [-0.4, -0.2) is 28.9 Å². The lowest BCUT2D eigenvalue weighted by atomic mass is 9.82. The molecule has 1 heterocycles. The minimum atomic E-state index is -1.02. The van der Waals surface area contributed by atoms with Crippen LogP contribution in [0.3, 0.4) is 0 Å². The van der Waals surface area contributed by atoms with Gasteiger partial charge in [0.2, 0.25) is 5.91 Å². The molecule has 5 heteroatoms. The summed E-state index contributed by atoms with van der Waals surface area (Å²) >= 11 is 0. The van der Waals surface area contributed by atoms with Crippen molar-refractivity contribution >= 4 is 11.8 Å². The Kier molecular flexibility index (Phi) is 6.50. The summed E-state index contributed by atoms with van der Waals surface area (Å²) in [5.41, 5.74) is 3.66. The molecule has 170 valence electrons. The molecule has 2 amide bonds. The van der Waals surface area contributed by atoms with Crippen molar-refractivity contribution in [3.8, 4) is 5.75 Å². The zero-order valence-electron chi connectivity index (χ0n) is 19.4. The van der Waals surface area contributed by atoms with E-state index in [4.69, 9.17) is 4.74 Å². The maximum atomic E-state index is 13.6. The molecule has 0 spiro atoms. The summed E-state index contributed by atoms with van der Waals surface area (Å²) in [6, 6.07) is 23.3. The summed E-state index contributed by atoms with van der Waals surface area (Å²) < 4.78 is 5.63. The van der Waals surface area contributed by atoms with E-state index in [1.54, 1.807) is 4.90 Å². The molecule has 1 aliphatic heterocycles. The second-order valence-electron chi connectivity index (χ2n) is 8.75. The van der Waals surface area contributed by atoms with Gasteiger partial charge in [-0.2, -0.15) is 0 Å². The number of hydrogen-bond acceptors (Lipinski definition) is 3. The molecule has 0 aromatic heterocycles. The molecule has 3 aromatic rings. The molecule has 0 bridgehead atoms. The molecule has 5 nitrogen and oxygen atoms in total. The molecule has 33 heavy (non-hydrogen) atoms. The predicted molar refractivity (Wildman–Crippen MR) is 129 cm³/mol. The number of hydrogen-bond donors (Lipinski definition) is 1. The van der Waals surface area contributed by atoms with Crippen molar-refractivity contribution in [2.24, 2.45) is 0 Å². The van der Waals surface area contributed by atoms with Crippen LogP contribution in [0, 0.1) is 6.92 Å². The summed E-state index contributed by atoms with van der Waals surface area (Å²) in [6.07, 6.45) is 0.458. The fraction of sp³-hybridized carbons (Fsp3) is 0.286. The van der Waals surface area contributed by atoms with Crippen LogP contribution in [-0.2, 0) is 24.3 Å². The number of amides is 2. The lowest BCUT2D eigenvalue weighted by molar-refractivity contribution is -0.132. The zero-order valence-corrected chi connectivity index (χ0v) is 19.4. The monoisotopic (exact) mass is 442 g/mol. The van der Waals surface area contributed by atoms with E-state index in [1.807, 2.05) is 93.6 Å². The molecule has 1 atom stereocenters. The Labute approximate surface area is 195 Å². The molecule has 1 aliphatic rings. The number of fused-ring (bicyclic) bond motifs is 1. The highest BCUT2D eigenvalue weighted by atomic mass is 16.5.